The van der Waals surface area contributed by atoms with Crippen molar-refractivity contribution in [3.8, 4) is 5.75 Å². The van der Waals surface area contributed by atoms with Crippen LogP contribution in [0.3, 0.4) is 0 Å². The third-order valence-electron chi connectivity index (χ3n) is 3.20. The van der Waals surface area contributed by atoms with Gasteiger partial charge in [-0.1, -0.05) is 31.5 Å². The number of amides is 1. The highest BCUT2D eigenvalue weighted by atomic mass is 35.5. The number of benzene rings is 1. The molecule has 6 heteroatoms. The molecule has 122 valence electrons. The monoisotopic (exact) mass is 327 g/mol. The smallest absolute Gasteiger partial charge is 0.326 e. The van der Waals surface area contributed by atoms with Gasteiger partial charge in [0.15, 0.2) is 0 Å². The number of halogens is 1. The van der Waals surface area contributed by atoms with E-state index in [0.717, 1.165) is 5.56 Å². The van der Waals surface area contributed by atoms with Crippen molar-refractivity contribution in [3.05, 3.63) is 28.8 Å². The van der Waals surface area contributed by atoms with E-state index in [9.17, 15) is 9.59 Å². The summed E-state index contributed by atoms with van der Waals surface area (Å²) in [5.74, 6) is -0.505. The van der Waals surface area contributed by atoms with E-state index >= 15 is 0 Å². The first-order valence-corrected chi connectivity index (χ1v) is 7.55. The molecule has 0 saturated carbocycles. The predicted octanol–water partition coefficient (Wildman–Crippen LogP) is 2.90. The third-order valence-corrected chi connectivity index (χ3v) is 3.49. The second-order valence-corrected chi connectivity index (χ2v) is 5.96. The van der Waals surface area contributed by atoms with Crippen LogP contribution in [0.4, 0.5) is 0 Å². The highest BCUT2D eigenvalue weighted by Gasteiger charge is 2.20. The third kappa shape index (κ3) is 5.93. The first kappa shape index (κ1) is 18.3. The molecule has 1 amide bonds. The van der Waals surface area contributed by atoms with Crippen LogP contribution in [-0.4, -0.2) is 30.1 Å². The number of rotatable bonds is 8. The number of carbonyl (C=O) groups is 2. The highest BCUT2D eigenvalue weighted by molar-refractivity contribution is 6.32. The van der Waals surface area contributed by atoms with Crippen molar-refractivity contribution < 1.29 is 19.4 Å². The number of hydrogen-bond donors (Lipinski definition) is 2. The van der Waals surface area contributed by atoms with Gasteiger partial charge in [-0.25, -0.2) is 4.79 Å². The van der Waals surface area contributed by atoms with E-state index < -0.39 is 12.0 Å². The van der Waals surface area contributed by atoms with Crippen LogP contribution in [0.25, 0.3) is 0 Å². The maximum atomic E-state index is 11.9. The lowest BCUT2D eigenvalue weighted by atomic mass is 10.0. The van der Waals surface area contributed by atoms with Crippen molar-refractivity contribution in [1.82, 2.24) is 5.32 Å². The number of ether oxygens (including phenoxy) is 1. The Morgan fingerprint density at radius 1 is 1.36 bits per heavy atom. The van der Waals surface area contributed by atoms with E-state index in [2.05, 4.69) is 5.32 Å². The van der Waals surface area contributed by atoms with Gasteiger partial charge in [0.05, 0.1) is 12.1 Å². The Morgan fingerprint density at radius 2 is 2.05 bits per heavy atom. The standard InChI is InChI=1S/C16H22ClNO4/c1-10(2)8-13(16(20)21)18-15(19)7-5-11-4-6-14(22-3)12(17)9-11/h4,6,9-10,13H,5,7-8H2,1-3H3,(H,18,19)(H,20,21)/t13-/m1/s1. The van der Waals surface area contributed by atoms with Gasteiger partial charge in [0.2, 0.25) is 5.91 Å². The second-order valence-electron chi connectivity index (χ2n) is 5.56. The topological polar surface area (TPSA) is 75.6 Å². The minimum absolute atomic E-state index is 0.196. The number of carboxylic acid groups (broad SMARTS) is 1. The molecule has 0 aliphatic carbocycles. The largest absolute Gasteiger partial charge is 0.495 e. The zero-order chi connectivity index (χ0) is 16.7. The summed E-state index contributed by atoms with van der Waals surface area (Å²) in [4.78, 5) is 23.0. The Balaban J connectivity index is 2.54. The molecule has 0 aliphatic heterocycles. The number of methoxy groups -OCH3 is 1. The summed E-state index contributed by atoms with van der Waals surface area (Å²) in [6, 6.07) is 4.48. The maximum absolute atomic E-state index is 11.9. The Kier molecular flexibility index (Phi) is 7.18. The zero-order valence-electron chi connectivity index (χ0n) is 13.1. The summed E-state index contributed by atoms with van der Waals surface area (Å²) in [6.45, 7) is 3.84. The van der Waals surface area contributed by atoms with Crippen molar-refractivity contribution in [2.75, 3.05) is 7.11 Å². The van der Waals surface area contributed by atoms with Crippen LogP contribution in [0, 0.1) is 5.92 Å². The quantitative estimate of drug-likeness (QED) is 0.769. The number of carboxylic acids is 1. The molecule has 22 heavy (non-hydrogen) atoms. The number of hydrogen-bond acceptors (Lipinski definition) is 3. The molecule has 0 radical (unpaired) electrons. The summed E-state index contributed by atoms with van der Waals surface area (Å²) in [5.41, 5.74) is 0.900. The van der Waals surface area contributed by atoms with Crippen LogP contribution in [0.2, 0.25) is 5.02 Å². The Labute approximate surface area is 135 Å². The number of aryl methyl sites for hydroxylation is 1. The second kappa shape index (κ2) is 8.63. The van der Waals surface area contributed by atoms with Gasteiger partial charge in [-0.15, -0.1) is 0 Å². The lowest BCUT2D eigenvalue weighted by Crippen LogP contribution is -2.41. The normalized spacial score (nSPS) is 12.0. The van der Waals surface area contributed by atoms with Crippen molar-refractivity contribution >= 4 is 23.5 Å². The molecule has 0 fully saturated rings. The molecule has 0 aromatic heterocycles. The van der Waals surface area contributed by atoms with Crippen molar-refractivity contribution in [1.29, 1.82) is 0 Å². The molecule has 0 spiro atoms. The molecular formula is C16H22ClNO4. The van der Waals surface area contributed by atoms with Crippen molar-refractivity contribution in [3.63, 3.8) is 0 Å². The predicted molar refractivity (Wildman–Crippen MR) is 85.3 cm³/mol. The van der Waals surface area contributed by atoms with Gasteiger partial charge in [-0.05, 0) is 36.5 Å². The highest BCUT2D eigenvalue weighted by Crippen LogP contribution is 2.25. The van der Waals surface area contributed by atoms with E-state index in [0.29, 0.717) is 23.6 Å². The van der Waals surface area contributed by atoms with Crippen LogP contribution in [0.1, 0.15) is 32.3 Å². The summed E-state index contributed by atoms with van der Waals surface area (Å²) in [6.07, 6.45) is 1.11. The lowest BCUT2D eigenvalue weighted by Gasteiger charge is -2.16. The van der Waals surface area contributed by atoms with Crippen molar-refractivity contribution in [2.24, 2.45) is 5.92 Å². The molecular weight excluding hydrogens is 306 g/mol. The van der Waals surface area contributed by atoms with Crippen LogP contribution in [0.15, 0.2) is 18.2 Å². The molecule has 0 unspecified atom stereocenters. The molecule has 1 aromatic carbocycles. The molecule has 2 N–H and O–H groups in total. The molecule has 0 bridgehead atoms. The fraction of sp³-hybridized carbons (Fsp3) is 0.500. The van der Waals surface area contributed by atoms with Gasteiger partial charge in [0.25, 0.3) is 0 Å². The molecule has 0 aliphatic rings. The molecule has 1 atom stereocenters. The average molecular weight is 328 g/mol. The summed E-state index contributed by atoms with van der Waals surface area (Å²) in [5, 5.41) is 12.2. The van der Waals surface area contributed by atoms with E-state index in [4.69, 9.17) is 21.4 Å². The minimum atomic E-state index is -1.01. The minimum Gasteiger partial charge on any atom is -0.495 e. The van der Waals surface area contributed by atoms with Gasteiger partial charge in [-0.2, -0.15) is 0 Å². The Hall–Kier alpha value is -1.75. The molecule has 0 heterocycles. The number of aliphatic carboxylic acids is 1. The summed E-state index contributed by atoms with van der Waals surface area (Å²) >= 11 is 6.02. The van der Waals surface area contributed by atoms with Gasteiger partial charge in [0.1, 0.15) is 11.8 Å². The molecule has 1 aromatic rings. The average Bonchev–Trinajstić information content (AvgIpc) is 2.44. The fourth-order valence-corrected chi connectivity index (χ4v) is 2.36. The van der Waals surface area contributed by atoms with E-state index in [1.165, 1.54) is 7.11 Å². The molecule has 0 saturated heterocycles. The van der Waals surface area contributed by atoms with Crippen LogP contribution in [0.5, 0.6) is 5.75 Å². The first-order valence-electron chi connectivity index (χ1n) is 7.18. The zero-order valence-corrected chi connectivity index (χ0v) is 13.8. The van der Waals surface area contributed by atoms with Crippen LogP contribution < -0.4 is 10.1 Å². The van der Waals surface area contributed by atoms with E-state index in [1.54, 1.807) is 12.1 Å². The van der Waals surface area contributed by atoms with E-state index in [-0.39, 0.29) is 18.2 Å². The number of nitrogens with one attached hydrogen (secondary N) is 1. The van der Waals surface area contributed by atoms with Crippen molar-refractivity contribution in [2.45, 2.75) is 39.2 Å². The Morgan fingerprint density at radius 3 is 2.55 bits per heavy atom. The lowest BCUT2D eigenvalue weighted by molar-refractivity contribution is -0.142. The van der Waals surface area contributed by atoms with Gasteiger partial charge >= 0.3 is 5.97 Å². The van der Waals surface area contributed by atoms with Gasteiger partial charge < -0.3 is 15.2 Å². The summed E-state index contributed by atoms with van der Waals surface area (Å²) in [7, 11) is 1.54. The SMILES string of the molecule is COc1ccc(CCC(=O)N[C@H](CC(C)C)C(=O)O)cc1Cl. The van der Waals surface area contributed by atoms with Crippen LogP contribution in [-0.2, 0) is 16.0 Å². The maximum Gasteiger partial charge on any atom is 0.326 e. The molecule has 5 nitrogen and oxygen atoms in total. The first-order chi connectivity index (χ1) is 10.3. The van der Waals surface area contributed by atoms with Crippen LogP contribution >= 0.6 is 11.6 Å². The van der Waals surface area contributed by atoms with Gasteiger partial charge in [0, 0.05) is 6.42 Å². The van der Waals surface area contributed by atoms with Gasteiger partial charge in [-0.3, -0.25) is 4.79 Å². The fourth-order valence-electron chi connectivity index (χ4n) is 2.08. The Bertz CT molecular complexity index is 531. The number of carbonyl (C=O) groups excluding carboxylic acids is 1. The van der Waals surface area contributed by atoms with E-state index in [1.807, 2.05) is 19.9 Å². The summed E-state index contributed by atoms with van der Waals surface area (Å²) < 4.78 is 5.06. The molecule has 1 rings (SSSR count).